The van der Waals surface area contributed by atoms with Gasteiger partial charge in [-0.25, -0.2) is 4.39 Å². The average Bonchev–Trinajstić information content (AvgIpc) is 2.64. The molecule has 1 heterocycles. The van der Waals surface area contributed by atoms with E-state index in [2.05, 4.69) is 10.3 Å². The van der Waals surface area contributed by atoms with Crippen molar-refractivity contribution in [3.05, 3.63) is 63.7 Å². The molecule has 25 heavy (non-hydrogen) atoms. The third kappa shape index (κ3) is 4.92. The van der Waals surface area contributed by atoms with Gasteiger partial charge in [0, 0.05) is 13.1 Å². The van der Waals surface area contributed by atoms with Gasteiger partial charge in [-0.05, 0) is 43.2 Å². The Morgan fingerprint density at radius 1 is 1.32 bits per heavy atom. The molecular formula is C17H15ClF4N2O. The summed E-state index contributed by atoms with van der Waals surface area (Å²) in [5.74, 6) is -1.46. The van der Waals surface area contributed by atoms with Gasteiger partial charge >= 0.3 is 6.18 Å². The third-order valence-corrected chi connectivity index (χ3v) is 3.83. The number of carbonyl (C=O) groups excluding carboxylic acids is 1. The van der Waals surface area contributed by atoms with Crippen LogP contribution in [0.25, 0.3) is 0 Å². The van der Waals surface area contributed by atoms with Crippen molar-refractivity contribution in [2.75, 3.05) is 0 Å². The Bertz CT molecular complexity index is 764. The summed E-state index contributed by atoms with van der Waals surface area (Å²) in [7, 11) is 0. The minimum Gasteiger partial charge on any atom is -0.344 e. The Morgan fingerprint density at radius 2 is 2.00 bits per heavy atom. The SMILES string of the molecule is CC(=O)N[C@@H](C1=CC(F)=CC(C(F)(F)F)=C(C)C1)c1ccc(Cl)cn1. The van der Waals surface area contributed by atoms with Gasteiger partial charge in [0.2, 0.25) is 5.91 Å². The molecule has 1 aliphatic carbocycles. The number of hydrogen-bond acceptors (Lipinski definition) is 2. The maximum absolute atomic E-state index is 14.0. The minimum atomic E-state index is -4.66. The predicted molar refractivity (Wildman–Crippen MR) is 86.5 cm³/mol. The lowest BCUT2D eigenvalue weighted by atomic mass is 9.95. The van der Waals surface area contributed by atoms with E-state index in [0.29, 0.717) is 16.8 Å². The second-order valence-electron chi connectivity index (χ2n) is 5.65. The van der Waals surface area contributed by atoms with E-state index in [9.17, 15) is 22.4 Å². The van der Waals surface area contributed by atoms with Crippen LogP contribution in [0.15, 0.2) is 53.0 Å². The van der Waals surface area contributed by atoms with Gasteiger partial charge in [0.1, 0.15) is 5.83 Å². The normalized spacial score (nSPS) is 16.8. The van der Waals surface area contributed by atoms with E-state index >= 15 is 0 Å². The zero-order valence-electron chi connectivity index (χ0n) is 13.4. The smallest absolute Gasteiger partial charge is 0.344 e. The molecule has 0 spiro atoms. The minimum absolute atomic E-state index is 0.0456. The van der Waals surface area contributed by atoms with Crippen molar-refractivity contribution in [3.63, 3.8) is 0 Å². The highest BCUT2D eigenvalue weighted by Crippen LogP contribution is 2.37. The van der Waals surface area contributed by atoms with E-state index in [1.807, 2.05) is 0 Å². The number of amides is 1. The standard InChI is InChI=1S/C17H15ClF4N2O/c1-9-5-11(6-13(19)7-14(9)17(20,21)22)16(24-10(2)25)15-4-3-12(18)8-23-15/h3-4,6-8,16H,5H2,1-2H3,(H,24,25)/t16-/m0/s1. The van der Waals surface area contributed by atoms with Crippen molar-refractivity contribution >= 4 is 17.5 Å². The first-order valence-electron chi connectivity index (χ1n) is 7.31. The number of aromatic nitrogens is 1. The van der Waals surface area contributed by atoms with E-state index in [0.717, 1.165) is 6.08 Å². The predicted octanol–water partition coefficient (Wildman–Crippen LogP) is 4.97. The molecule has 0 aliphatic heterocycles. The summed E-state index contributed by atoms with van der Waals surface area (Å²) < 4.78 is 53.2. The fourth-order valence-corrected chi connectivity index (χ4v) is 2.67. The molecule has 0 saturated heterocycles. The molecule has 8 heteroatoms. The summed E-state index contributed by atoms with van der Waals surface area (Å²) >= 11 is 5.78. The Morgan fingerprint density at radius 3 is 2.52 bits per heavy atom. The molecule has 0 fully saturated rings. The zero-order chi connectivity index (χ0) is 18.8. The lowest BCUT2D eigenvalue weighted by molar-refractivity contribution is -0.119. The summed E-state index contributed by atoms with van der Waals surface area (Å²) in [4.78, 5) is 15.6. The highest BCUT2D eigenvalue weighted by atomic mass is 35.5. The summed E-state index contributed by atoms with van der Waals surface area (Å²) in [6, 6.07) is 2.20. The Kier molecular flexibility index (Phi) is 5.67. The maximum Gasteiger partial charge on any atom is 0.416 e. The Hall–Kier alpha value is -2.15. The van der Waals surface area contributed by atoms with Gasteiger partial charge in [-0.15, -0.1) is 0 Å². The van der Waals surface area contributed by atoms with Gasteiger partial charge in [0.15, 0.2) is 0 Å². The number of carbonyl (C=O) groups is 1. The number of alkyl halides is 3. The second kappa shape index (κ2) is 7.39. The van der Waals surface area contributed by atoms with E-state index in [-0.39, 0.29) is 17.6 Å². The summed E-state index contributed by atoms with van der Waals surface area (Å²) in [5.41, 5.74) is -0.463. The Labute approximate surface area is 147 Å². The lowest BCUT2D eigenvalue weighted by Crippen LogP contribution is -2.28. The first kappa shape index (κ1) is 19.2. The van der Waals surface area contributed by atoms with E-state index in [1.165, 1.54) is 32.2 Å². The van der Waals surface area contributed by atoms with E-state index < -0.39 is 29.5 Å². The Balaban J connectivity index is 2.48. The monoisotopic (exact) mass is 374 g/mol. The first-order valence-corrected chi connectivity index (χ1v) is 7.69. The molecule has 1 amide bonds. The number of hydrogen-bond donors (Lipinski definition) is 1. The van der Waals surface area contributed by atoms with Crippen LogP contribution in [0.3, 0.4) is 0 Å². The molecule has 0 unspecified atom stereocenters. The van der Waals surface area contributed by atoms with Crippen LogP contribution in [0.2, 0.25) is 5.02 Å². The maximum atomic E-state index is 14.0. The summed E-state index contributed by atoms with van der Waals surface area (Å²) in [6.45, 7) is 2.54. The topological polar surface area (TPSA) is 42.0 Å². The van der Waals surface area contributed by atoms with Gasteiger partial charge < -0.3 is 5.32 Å². The molecule has 3 nitrogen and oxygen atoms in total. The number of nitrogens with one attached hydrogen (secondary N) is 1. The fourth-order valence-electron chi connectivity index (χ4n) is 2.56. The molecule has 134 valence electrons. The van der Waals surface area contributed by atoms with Crippen LogP contribution in [0.4, 0.5) is 17.6 Å². The van der Waals surface area contributed by atoms with Crippen LogP contribution in [0, 0.1) is 0 Å². The summed E-state index contributed by atoms with van der Waals surface area (Å²) in [5, 5.41) is 2.96. The number of nitrogens with zero attached hydrogens (tertiary/aromatic N) is 1. The van der Waals surface area contributed by atoms with Crippen molar-refractivity contribution in [1.82, 2.24) is 10.3 Å². The van der Waals surface area contributed by atoms with Crippen LogP contribution in [-0.4, -0.2) is 17.1 Å². The van der Waals surface area contributed by atoms with Gasteiger partial charge in [-0.3, -0.25) is 9.78 Å². The molecule has 0 radical (unpaired) electrons. The van der Waals surface area contributed by atoms with Crippen LogP contribution in [-0.2, 0) is 4.79 Å². The van der Waals surface area contributed by atoms with Gasteiger partial charge in [0.05, 0.1) is 22.3 Å². The number of pyridine rings is 1. The number of halogens is 5. The molecule has 1 aromatic heterocycles. The van der Waals surface area contributed by atoms with Crippen molar-refractivity contribution in [3.8, 4) is 0 Å². The van der Waals surface area contributed by atoms with Crippen molar-refractivity contribution in [2.45, 2.75) is 32.5 Å². The van der Waals surface area contributed by atoms with Gasteiger partial charge in [0.25, 0.3) is 0 Å². The average molecular weight is 375 g/mol. The molecule has 0 aromatic carbocycles. The third-order valence-electron chi connectivity index (χ3n) is 3.60. The molecule has 1 N–H and O–H groups in total. The molecule has 1 aliphatic rings. The zero-order valence-corrected chi connectivity index (χ0v) is 14.2. The second-order valence-corrected chi connectivity index (χ2v) is 6.09. The molecular weight excluding hydrogens is 360 g/mol. The lowest BCUT2D eigenvalue weighted by Gasteiger charge is -2.21. The van der Waals surface area contributed by atoms with Crippen molar-refractivity contribution in [1.29, 1.82) is 0 Å². The van der Waals surface area contributed by atoms with Crippen LogP contribution in [0.5, 0.6) is 0 Å². The van der Waals surface area contributed by atoms with Gasteiger partial charge in [-0.1, -0.05) is 17.2 Å². The van der Waals surface area contributed by atoms with Crippen molar-refractivity contribution < 1.29 is 22.4 Å². The molecule has 1 atom stereocenters. The summed E-state index contributed by atoms with van der Waals surface area (Å²) in [6.07, 6.45) is -2.01. The molecule has 0 bridgehead atoms. The quantitative estimate of drug-likeness (QED) is 0.758. The highest BCUT2D eigenvalue weighted by Gasteiger charge is 2.35. The van der Waals surface area contributed by atoms with Crippen LogP contribution in [0.1, 0.15) is 32.0 Å². The molecule has 2 rings (SSSR count). The molecule has 0 saturated carbocycles. The first-order chi connectivity index (χ1) is 11.6. The largest absolute Gasteiger partial charge is 0.416 e. The highest BCUT2D eigenvalue weighted by molar-refractivity contribution is 6.30. The van der Waals surface area contributed by atoms with E-state index in [4.69, 9.17) is 11.6 Å². The van der Waals surface area contributed by atoms with Crippen LogP contribution >= 0.6 is 11.6 Å². The van der Waals surface area contributed by atoms with Crippen molar-refractivity contribution in [2.24, 2.45) is 0 Å². The van der Waals surface area contributed by atoms with Crippen LogP contribution < -0.4 is 5.32 Å². The van der Waals surface area contributed by atoms with Gasteiger partial charge in [-0.2, -0.15) is 13.2 Å². The number of rotatable bonds is 3. The fraction of sp³-hybridized carbons (Fsp3) is 0.294. The number of allylic oxidation sites excluding steroid dienone is 5. The van der Waals surface area contributed by atoms with E-state index in [1.54, 1.807) is 0 Å². The molecule has 1 aromatic rings.